The molecule has 0 saturated carbocycles. The Hall–Kier alpha value is -3.68. The normalized spacial score (nSPS) is 19.4. The Labute approximate surface area is 274 Å². The number of esters is 1. The molecule has 1 amide bonds. The lowest BCUT2D eigenvalue weighted by atomic mass is 9.91. The van der Waals surface area contributed by atoms with Gasteiger partial charge in [0, 0.05) is 25.6 Å². The van der Waals surface area contributed by atoms with Crippen LogP contribution in [0.2, 0.25) is 0 Å². The molecular weight excluding hydrogens is 574 g/mol. The van der Waals surface area contributed by atoms with Gasteiger partial charge in [-0.1, -0.05) is 72.8 Å². The molecule has 3 fully saturated rings. The molecule has 1 unspecified atom stereocenters. The Balaban J connectivity index is 1.01. The number of piperidine rings is 3. The van der Waals surface area contributed by atoms with E-state index in [1.54, 1.807) is 0 Å². The average Bonchev–Trinajstić information content (AvgIpc) is 3.12. The molecule has 1 N–H and O–H groups in total. The first-order valence-corrected chi connectivity index (χ1v) is 17.3. The Morgan fingerprint density at radius 3 is 2.07 bits per heavy atom. The van der Waals surface area contributed by atoms with Crippen LogP contribution in [-0.2, 0) is 20.9 Å². The summed E-state index contributed by atoms with van der Waals surface area (Å²) in [5, 5.41) is 3.35. The lowest BCUT2D eigenvalue weighted by molar-refractivity contribution is -0.146. The monoisotopic (exact) mass is 623 g/mol. The molecule has 0 aliphatic carbocycles. The second-order valence-corrected chi connectivity index (χ2v) is 13.4. The van der Waals surface area contributed by atoms with Gasteiger partial charge in [-0.05, 0) is 105 Å². The van der Waals surface area contributed by atoms with Crippen molar-refractivity contribution in [3.8, 4) is 5.75 Å². The summed E-state index contributed by atoms with van der Waals surface area (Å²) in [5.74, 6) is 1.36. The van der Waals surface area contributed by atoms with Crippen molar-refractivity contribution in [2.24, 2.45) is 17.8 Å². The fourth-order valence-corrected chi connectivity index (χ4v) is 7.19. The van der Waals surface area contributed by atoms with Crippen molar-refractivity contribution in [1.29, 1.82) is 0 Å². The van der Waals surface area contributed by atoms with Crippen LogP contribution in [0.15, 0.2) is 84.9 Å². The molecule has 3 saturated heterocycles. The summed E-state index contributed by atoms with van der Waals surface area (Å²) in [6.07, 6.45) is 5.88. The van der Waals surface area contributed by atoms with E-state index in [0.29, 0.717) is 31.0 Å². The van der Waals surface area contributed by atoms with Gasteiger partial charge in [-0.15, -0.1) is 0 Å². The topological polar surface area (TPSA) is 71.1 Å². The Bertz CT molecular complexity index is 1380. The molecule has 3 heterocycles. The van der Waals surface area contributed by atoms with Gasteiger partial charge < -0.3 is 19.7 Å². The highest BCUT2D eigenvalue weighted by Gasteiger charge is 2.30. The van der Waals surface area contributed by atoms with Crippen molar-refractivity contribution in [3.63, 3.8) is 0 Å². The van der Waals surface area contributed by atoms with Crippen molar-refractivity contribution >= 4 is 11.9 Å². The van der Waals surface area contributed by atoms with Gasteiger partial charge in [0.2, 0.25) is 5.91 Å². The predicted octanol–water partition coefficient (Wildman–Crippen LogP) is 5.89. The van der Waals surface area contributed by atoms with Gasteiger partial charge in [-0.2, -0.15) is 0 Å². The predicted molar refractivity (Wildman–Crippen MR) is 181 cm³/mol. The first-order valence-electron chi connectivity index (χ1n) is 17.3. The number of nitrogens with one attached hydrogen (secondary N) is 1. The third-order valence-corrected chi connectivity index (χ3v) is 10.1. The van der Waals surface area contributed by atoms with Gasteiger partial charge in [-0.25, -0.2) is 0 Å². The molecule has 3 aromatic rings. The molecule has 0 radical (unpaired) electrons. The number of amides is 1. The van der Waals surface area contributed by atoms with Crippen LogP contribution in [0.3, 0.4) is 0 Å². The van der Waals surface area contributed by atoms with E-state index >= 15 is 0 Å². The molecule has 1 atom stereocenters. The van der Waals surface area contributed by atoms with Gasteiger partial charge in [0.25, 0.3) is 0 Å². The largest absolute Gasteiger partial charge is 0.493 e. The molecular formula is C39H49N3O4. The molecule has 0 aromatic heterocycles. The molecule has 0 bridgehead atoms. The number of carbonyl (C=O) groups excluding carboxylic acids is 2. The second kappa shape index (κ2) is 16.2. The van der Waals surface area contributed by atoms with Crippen LogP contribution < -0.4 is 10.1 Å². The molecule has 46 heavy (non-hydrogen) atoms. The smallest absolute Gasteiger partial charge is 0.317 e. The average molecular weight is 624 g/mol. The van der Waals surface area contributed by atoms with Crippen LogP contribution in [0.4, 0.5) is 0 Å². The van der Waals surface area contributed by atoms with E-state index < -0.39 is 5.92 Å². The Morgan fingerprint density at radius 2 is 1.35 bits per heavy atom. The van der Waals surface area contributed by atoms with Gasteiger partial charge in [0.05, 0.1) is 13.2 Å². The van der Waals surface area contributed by atoms with Gasteiger partial charge in [0.15, 0.2) is 0 Å². The Kier molecular flexibility index (Phi) is 11.4. The van der Waals surface area contributed by atoms with Crippen molar-refractivity contribution in [1.82, 2.24) is 15.1 Å². The van der Waals surface area contributed by atoms with Crippen molar-refractivity contribution in [2.45, 2.75) is 51.0 Å². The zero-order valence-corrected chi connectivity index (χ0v) is 27.0. The van der Waals surface area contributed by atoms with E-state index in [9.17, 15) is 9.59 Å². The number of nitrogens with zero attached hydrogens (tertiary/aromatic N) is 2. The van der Waals surface area contributed by atoms with Crippen LogP contribution in [0.5, 0.6) is 5.75 Å². The van der Waals surface area contributed by atoms with Crippen LogP contribution in [-0.4, -0.2) is 74.2 Å². The highest BCUT2D eigenvalue weighted by atomic mass is 16.5. The highest BCUT2D eigenvalue weighted by Crippen LogP contribution is 2.31. The fraction of sp³-hybridized carbons (Fsp3) is 0.487. The zero-order valence-electron chi connectivity index (χ0n) is 27.0. The summed E-state index contributed by atoms with van der Waals surface area (Å²) in [7, 11) is 0. The first-order chi connectivity index (χ1) is 22.6. The Morgan fingerprint density at radius 1 is 0.717 bits per heavy atom. The number of carbonyl (C=O) groups is 2. The second-order valence-electron chi connectivity index (χ2n) is 13.4. The molecule has 3 aromatic carbocycles. The SMILES string of the molecule is O=C(OCC1CCN(Cc2ccccc2)CC1)C(c1ccccc1)c1cccc(OCC2CCN(C(=O)C3CCNCC3)CC2)c1. The standard InChI is InChI=1S/C39H49N3O4/c43-38(34-14-20-40-21-15-34)42-24-18-32(19-25-42)28-45-36-13-7-12-35(26-36)37(33-10-5-2-6-11-33)39(44)46-29-31-16-22-41(23-17-31)27-30-8-3-1-4-9-30/h1-13,26,31-32,34,37,40H,14-25,27-29H2. The van der Waals surface area contributed by atoms with E-state index in [1.807, 2.05) is 54.6 Å². The maximum Gasteiger partial charge on any atom is 0.317 e. The lowest BCUT2D eigenvalue weighted by Crippen LogP contribution is -2.45. The maximum atomic E-state index is 13.7. The number of hydrogen-bond acceptors (Lipinski definition) is 6. The summed E-state index contributed by atoms with van der Waals surface area (Å²) in [6, 6.07) is 28.5. The van der Waals surface area contributed by atoms with Crippen molar-refractivity contribution < 1.29 is 19.1 Å². The summed E-state index contributed by atoms with van der Waals surface area (Å²) < 4.78 is 12.3. The summed E-state index contributed by atoms with van der Waals surface area (Å²) in [5.41, 5.74) is 3.15. The summed E-state index contributed by atoms with van der Waals surface area (Å²) in [6.45, 7) is 7.58. The minimum atomic E-state index is -0.507. The molecule has 7 heteroatoms. The fourth-order valence-electron chi connectivity index (χ4n) is 7.19. The van der Waals surface area contributed by atoms with Gasteiger partial charge >= 0.3 is 5.97 Å². The van der Waals surface area contributed by atoms with Crippen LogP contribution in [0.25, 0.3) is 0 Å². The lowest BCUT2D eigenvalue weighted by Gasteiger charge is -2.35. The molecule has 244 valence electrons. The minimum absolute atomic E-state index is 0.180. The molecule has 3 aliphatic rings. The van der Waals surface area contributed by atoms with Crippen molar-refractivity contribution in [3.05, 3.63) is 102 Å². The third-order valence-electron chi connectivity index (χ3n) is 10.1. The minimum Gasteiger partial charge on any atom is -0.493 e. The van der Waals surface area contributed by atoms with Crippen LogP contribution in [0, 0.1) is 17.8 Å². The third kappa shape index (κ3) is 8.77. The summed E-state index contributed by atoms with van der Waals surface area (Å²) in [4.78, 5) is 31.2. The van der Waals surface area contributed by atoms with Crippen LogP contribution >= 0.6 is 0 Å². The van der Waals surface area contributed by atoms with Gasteiger partial charge in [0.1, 0.15) is 11.7 Å². The van der Waals surface area contributed by atoms with E-state index in [-0.39, 0.29) is 11.9 Å². The van der Waals surface area contributed by atoms with Gasteiger partial charge in [-0.3, -0.25) is 14.5 Å². The molecule has 7 nitrogen and oxygen atoms in total. The van der Waals surface area contributed by atoms with E-state index in [1.165, 1.54) is 5.56 Å². The maximum absolute atomic E-state index is 13.7. The number of benzene rings is 3. The highest BCUT2D eigenvalue weighted by molar-refractivity contribution is 5.82. The molecule has 0 spiro atoms. The summed E-state index contributed by atoms with van der Waals surface area (Å²) >= 11 is 0. The first kappa shape index (κ1) is 32.3. The van der Waals surface area contributed by atoms with E-state index in [0.717, 1.165) is 101 Å². The molecule has 3 aliphatic heterocycles. The zero-order chi connectivity index (χ0) is 31.6. The number of rotatable bonds is 11. The molecule has 6 rings (SSSR count). The van der Waals surface area contributed by atoms with Crippen LogP contribution in [0.1, 0.15) is 61.1 Å². The number of likely N-dealkylation sites (tertiary alicyclic amines) is 2. The van der Waals surface area contributed by atoms with Crippen molar-refractivity contribution in [2.75, 3.05) is 52.5 Å². The van der Waals surface area contributed by atoms with E-state index in [2.05, 4.69) is 45.4 Å². The quantitative estimate of drug-likeness (QED) is 0.269. The number of hydrogen-bond donors (Lipinski definition) is 1. The van der Waals surface area contributed by atoms with E-state index in [4.69, 9.17) is 9.47 Å². The number of ether oxygens (including phenoxy) is 2.